The van der Waals surface area contributed by atoms with Gasteiger partial charge in [-0.1, -0.05) is 18.2 Å². The fourth-order valence-electron chi connectivity index (χ4n) is 4.73. The summed E-state index contributed by atoms with van der Waals surface area (Å²) in [5.41, 5.74) is 4.54. The second-order valence-corrected chi connectivity index (χ2v) is 9.03. The van der Waals surface area contributed by atoms with Crippen LogP contribution >= 0.6 is 15.9 Å². The Labute approximate surface area is 201 Å². The molecule has 0 aromatic heterocycles. The number of nitrogens with one attached hydrogen (secondary N) is 1. The SMILES string of the molecule is COC(=O)C1=C(C)NC2=C(C(=O)CC(c3ccc(OC)cc3)C2)C1c1ccc(OC)c(Br)c1. The third-order valence-corrected chi connectivity index (χ3v) is 6.95. The molecule has 2 aromatic carbocycles. The maximum Gasteiger partial charge on any atom is 0.336 e. The van der Waals surface area contributed by atoms with E-state index in [1.807, 2.05) is 49.4 Å². The topological polar surface area (TPSA) is 73.9 Å². The van der Waals surface area contributed by atoms with Gasteiger partial charge in [0.15, 0.2) is 5.78 Å². The molecule has 2 unspecified atom stereocenters. The van der Waals surface area contributed by atoms with Gasteiger partial charge < -0.3 is 19.5 Å². The number of allylic oxidation sites excluding steroid dienone is 3. The standard InChI is InChI=1S/C26H26BrNO5/c1-14-23(26(30)33-4)24(16-7-10-22(32-3)19(27)11-16)25-20(28-14)12-17(13-21(25)29)15-5-8-18(31-2)9-6-15/h5-11,17,24,28H,12-13H2,1-4H3. The first kappa shape index (κ1) is 23.1. The van der Waals surface area contributed by atoms with Crippen LogP contribution in [-0.4, -0.2) is 33.1 Å². The number of ketones is 1. The number of benzene rings is 2. The summed E-state index contributed by atoms with van der Waals surface area (Å²) in [6.07, 6.45) is 1.04. The van der Waals surface area contributed by atoms with Crippen molar-refractivity contribution in [3.8, 4) is 11.5 Å². The van der Waals surface area contributed by atoms with Crippen LogP contribution in [0.3, 0.4) is 0 Å². The van der Waals surface area contributed by atoms with E-state index in [0.717, 1.165) is 27.0 Å². The van der Waals surface area contributed by atoms with Gasteiger partial charge in [-0.25, -0.2) is 4.79 Å². The van der Waals surface area contributed by atoms with E-state index in [4.69, 9.17) is 14.2 Å². The van der Waals surface area contributed by atoms with Crippen molar-refractivity contribution in [3.63, 3.8) is 0 Å². The van der Waals surface area contributed by atoms with E-state index in [0.29, 0.717) is 35.4 Å². The van der Waals surface area contributed by atoms with E-state index in [1.165, 1.54) is 7.11 Å². The molecule has 0 spiro atoms. The van der Waals surface area contributed by atoms with Crippen LogP contribution in [0.25, 0.3) is 0 Å². The highest BCUT2D eigenvalue weighted by Gasteiger charge is 2.41. The third-order valence-electron chi connectivity index (χ3n) is 6.33. The smallest absolute Gasteiger partial charge is 0.336 e. The average Bonchev–Trinajstić information content (AvgIpc) is 2.82. The Hall–Kier alpha value is -3.06. The van der Waals surface area contributed by atoms with Gasteiger partial charge in [-0.15, -0.1) is 0 Å². The normalized spacial score (nSPS) is 20.2. The number of rotatable bonds is 5. The lowest BCUT2D eigenvalue weighted by atomic mass is 9.71. The number of ether oxygens (including phenoxy) is 3. The number of dihydropyridines is 1. The molecular formula is C26H26BrNO5. The first-order chi connectivity index (χ1) is 15.9. The van der Waals surface area contributed by atoms with Crippen molar-refractivity contribution in [2.75, 3.05) is 21.3 Å². The lowest BCUT2D eigenvalue weighted by Gasteiger charge is -2.36. The predicted molar refractivity (Wildman–Crippen MR) is 128 cm³/mol. The molecule has 2 aromatic rings. The van der Waals surface area contributed by atoms with Crippen molar-refractivity contribution in [3.05, 3.63) is 80.6 Å². The highest BCUT2D eigenvalue weighted by atomic mass is 79.9. The molecule has 0 amide bonds. The monoisotopic (exact) mass is 511 g/mol. The summed E-state index contributed by atoms with van der Waals surface area (Å²) in [5, 5.41) is 3.35. The maximum absolute atomic E-state index is 13.6. The van der Waals surface area contributed by atoms with Gasteiger partial charge in [-0.05, 0) is 70.6 Å². The van der Waals surface area contributed by atoms with Crippen molar-refractivity contribution in [2.45, 2.75) is 31.6 Å². The minimum Gasteiger partial charge on any atom is -0.497 e. The Morgan fingerprint density at radius 2 is 1.70 bits per heavy atom. The molecule has 1 aliphatic carbocycles. The van der Waals surface area contributed by atoms with Gasteiger partial charge in [0, 0.05) is 29.3 Å². The summed E-state index contributed by atoms with van der Waals surface area (Å²) in [5.74, 6) is 0.564. The van der Waals surface area contributed by atoms with Crippen LogP contribution in [0.1, 0.15) is 42.7 Å². The molecule has 0 saturated heterocycles. The minimum absolute atomic E-state index is 0.0235. The van der Waals surface area contributed by atoms with Gasteiger partial charge in [0.2, 0.25) is 0 Å². The van der Waals surface area contributed by atoms with Gasteiger partial charge in [-0.3, -0.25) is 4.79 Å². The Bertz CT molecular complexity index is 1170. The summed E-state index contributed by atoms with van der Waals surface area (Å²) in [6.45, 7) is 1.85. The van der Waals surface area contributed by atoms with Crippen LogP contribution in [0.15, 0.2) is 69.5 Å². The number of carbonyl (C=O) groups is 2. The molecule has 0 saturated carbocycles. The third kappa shape index (κ3) is 4.29. The molecule has 1 aliphatic heterocycles. The van der Waals surface area contributed by atoms with Crippen LogP contribution in [0.2, 0.25) is 0 Å². The molecule has 2 aliphatic rings. The van der Waals surface area contributed by atoms with Crippen LogP contribution in [0.5, 0.6) is 11.5 Å². The highest BCUT2D eigenvalue weighted by Crippen LogP contribution is 2.46. The molecule has 1 heterocycles. The van der Waals surface area contributed by atoms with Crippen molar-refractivity contribution in [1.29, 1.82) is 0 Å². The molecule has 0 bridgehead atoms. The zero-order valence-electron chi connectivity index (χ0n) is 19.0. The fraction of sp³-hybridized carbons (Fsp3) is 0.308. The molecular weight excluding hydrogens is 486 g/mol. The summed E-state index contributed by atoms with van der Waals surface area (Å²) in [6, 6.07) is 13.5. The summed E-state index contributed by atoms with van der Waals surface area (Å²) >= 11 is 3.53. The second kappa shape index (κ2) is 9.43. The Kier molecular flexibility index (Phi) is 6.61. The molecule has 6 nitrogen and oxygen atoms in total. The molecule has 0 radical (unpaired) electrons. The maximum atomic E-state index is 13.6. The van der Waals surface area contributed by atoms with Crippen LogP contribution < -0.4 is 14.8 Å². The molecule has 4 rings (SSSR count). The van der Waals surface area contributed by atoms with E-state index < -0.39 is 11.9 Å². The quantitative estimate of drug-likeness (QED) is 0.569. The summed E-state index contributed by atoms with van der Waals surface area (Å²) in [4.78, 5) is 26.4. The second-order valence-electron chi connectivity index (χ2n) is 8.18. The number of hydrogen-bond donors (Lipinski definition) is 1. The van der Waals surface area contributed by atoms with E-state index in [-0.39, 0.29) is 11.7 Å². The Morgan fingerprint density at radius 3 is 2.30 bits per heavy atom. The minimum atomic E-state index is -0.514. The van der Waals surface area contributed by atoms with E-state index in [1.54, 1.807) is 14.2 Å². The molecule has 2 atom stereocenters. The van der Waals surface area contributed by atoms with Gasteiger partial charge in [0.25, 0.3) is 0 Å². The van der Waals surface area contributed by atoms with Crippen molar-refractivity contribution >= 4 is 27.7 Å². The van der Waals surface area contributed by atoms with Crippen LogP contribution in [0.4, 0.5) is 0 Å². The molecule has 0 fully saturated rings. The number of halogens is 1. The number of carbonyl (C=O) groups excluding carboxylic acids is 2. The van der Waals surface area contributed by atoms with E-state index >= 15 is 0 Å². The van der Waals surface area contributed by atoms with E-state index in [2.05, 4.69) is 21.2 Å². The van der Waals surface area contributed by atoms with Gasteiger partial charge >= 0.3 is 5.97 Å². The first-order valence-electron chi connectivity index (χ1n) is 10.7. The Morgan fingerprint density at radius 1 is 1.00 bits per heavy atom. The van der Waals surface area contributed by atoms with Crippen molar-refractivity contribution in [2.24, 2.45) is 0 Å². The Balaban J connectivity index is 1.79. The van der Waals surface area contributed by atoms with Gasteiger partial charge in [0.1, 0.15) is 11.5 Å². The number of methoxy groups -OCH3 is 3. The number of Topliss-reactive ketones (excluding diaryl/α,β-unsaturated/α-hetero) is 1. The largest absolute Gasteiger partial charge is 0.497 e. The molecule has 7 heteroatoms. The van der Waals surface area contributed by atoms with Gasteiger partial charge in [-0.2, -0.15) is 0 Å². The summed E-state index contributed by atoms with van der Waals surface area (Å²) in [7, 11) is 4.59. The average molecular weight is 512 g/mol. The zero-order chi connectivity index (χ0) is 23.7. The lowest BCUT2D eigenvalue weighted by molar-refractivity contribution is -0.136. The lowest BCUT2D eigenvalue weighted by Crippen LogP contribution is -2.36. The van der Waals surface area contributed by atoms with Gasteiger partial charge in [0.05, 0.1) is 31.4 Å². The first-order valence-corrected chi connectivity index (χ1v) is 11.5. The van der Waals surface area contributed by atoms with Crippen molar-refractivity contribution in [1.82, 2.24) is 5.32 Å². The van der Waals surface area contributed by atoms with E-state index in [9.17, 15) is 9.59 Å². The fourth-order valence-corrected chi connectivity index (χ4v) is 5.29. The molecule has 172 valence electrons. The number of esters is 1. The molecule has 1 N–H and O–H groups in total. The van der Waals surface area contributed by atoms with Crippen LogP contribution in [0, 0.1) is 0 Å². The number of hydrogen-bond acceptors (Lipinski definition) is 6. The summed E-state index contributed by atoms with van der Waals surface area (Å²) < 4.78 is 16.5. The predicted octanol–water partition coefficient (Wildman–Crippen LogP) is 5.00. The van der Waals surface area contributed by atoms with Crippen molar-refractivity contribution < 1.29 is 23.8 Å². The van der Waals surface area contributed by atoms with Crippen LogP contribution in [-0.2, 0) is 14.3 Å². The zero-order valence-corrected chi connectivity index (χ0v) is 20.6. The highest BCUT2D eigenvalue weighted by molar-refractivity contribution is 9.10. The molecule has 33 heavy (non-hydrogen) atoms.